The third-order valence-electron chi connectivity index (χ3n) is 3.11. The summed E-state index contributed by atoms with van der Waals surface area (Å²) in [6, 6.07) is 4.47. The van der Waals surface area contributed by atoms with Gasteiger partial charge in [-0.15, -0.1) is 0 Å². The Labute approximate surface area is 131 Å². The van der Waals surface area contributed by atoms with Crippen LogP contribution in [0.15, 0.2) is 29.2 Å². The summed E-state index contributed by atoms with van der Waals surface area (Å²) in [6.07, 6.45) is -4.01. The Morgan fingerprint density at radius 3 is 2.70 bits per heavy atom. The molecule has 1 aromatic rings. The molecule has 1 aliphatic heterocycles. The Morgan fingerprint density at radius 1 is 1.35 bits per heavy atom. The van der Waals surface area contributed by atoms with Gasteiger partial charge in [0.15, 0.2) is 0 Å². The number of hydrogen-bond acceptors (Lipinski definition) is 4. The highest BCUT2D eigenvalue weighted by atomic mass is 32.2. The smallest absolute Gasteiger partial charge is 0.380 e. The summed E-state index contributed by atoms with van der Waals surface area (Å²) >= 11 is 0. The fraction of sp³-hybridized carbons (Fsp3) is 0.462. The van der Waals surface area contributed by atoms with Gasteiger partial charge in [0.25, 0.3) is 5.91 Å². The van der Waals surface area contributed by atoms with Crippen molar-refractivity contribution in [2.75, 3.05) is 19.8 Å². The molecule has 1 saturated heterocycles. The van der Waals surface area contributed by atoms with Crippen LogP contribution in [-0.2, 0) is 14.8 Å². The van der Waals surface area contributed by atoms with Gasteiger partial charge in [-0.1, -0.05) is 6.07 Å². The molecule has 6 nitrogen and oxygen atoms in total. The quantitative estimate of drug-likeness (QED) is 0.830. The fourth-order valence-corrected chi connectivity index (χ4v) is 3.30. The van der Waals surface area contributed by atoms with E-state index in [9.17, 15) is 26.4 Å². The third-order valence-corrected chi connectivity index (χ3v) is 4.63. The molecule has 128 valence electrons. The molecule has 0 bridgehead atoms. The van der Waals surface area contributed by atoms with E-state index in [0.29, 0.717) is 13.0 Å². The zero-order valence-electron chi connectivity index (χ0n) is 11.9. The first kappa shape index (κ1) is 17.7. The first-order valence-corrected chi connectivity index (χ1v) is 8.21. The molecule has 0 aliphatic carbocycles. The number of rotatable bonds is 5. The lowest BCUT2D eigenvalue weighted by molar-refractivity contribution is -0.123. The van der Waals surface area contributed by atoms with Crippen molar-refractivity contribution in [3.8, 4) is 0 Å². The molecule has 0 radical (unpaired) electrons. The van der Waals surface area contributed by atoms with Crippen molar-refractivity contribution in [2.24, 2.45) is 0 Å². The van der Waals surface area contributed by atoms with Gasteiger partial charge in [0.2, 0.25) is 10.0 Å². The zero-order valence-corrected chi connectivity index (χ0v) is 12.7. The lowest BCUT2D eigenvalue weighted by Gasteiger charge is -2.12. The van der Waals surface area contributed by atoms with Crippen LogP contribution in [0.3, 0.4) is 0 Å². The van der Waals surface area contributed by atoms with E-state index in [0.717, 1.165) is 6.07 Å². The number of carbonyl (C=O) groups excluding carboxylic acids is 1. The van der Waals surface area contributed by atoms with Crippen LogP contribution < -0.4 is 10.0 Å². The molecular weight excluding hydrogens is 337 g/mol. The first-order chi connectivity index (χ1) is 10.7. The molecule has 0 aromatic heterocycles. The highest BCUT2D eigenvalue weighted by molar-refractivity contribution is 7.89. The van der Waals surface area contributed by atoms with Crippen molar-refractivity contribution in [3.05, 3.63) is 29.8 Å². The van der Waals surface area contributed by atoms with Crippen molar-refractivity contribution in [1.82, 2.24) is 10.0 Å². The van der Waals surface area contributed by atoms with Crippen molar-refractivity contribution >= 4 is 15.9 Å². The first-order valence-electron chi connectivity index (χ1n) is 6.72. The summed E-state index contributed by atoms with van der Waals surface area (Å²) in [6.45, 7) is -0.779. The van der Waals surface area contributed by atoms with E-state index in [1.807, 2.05) is 0 Å². The number of halogens is 3. The van der Waals surface area contributed by atoms with Crippen molar-refractivity contribution in [1.29, 1.82) is 0 Å². The number of benzene rings is 1. The van der Waals surface area contributed by atoms with Crippen LogP contribution in [-0.4, -0.2) is 46.3 Å². The number of nitrogens with one attached hydrogen (secondary N) is 2. The Morgan fingerprint density at radius 2 is 2.09 bits per heavy atom. The van der Waals surface area contributed by atoms with Crippen LogP contribution in [0, 0.1) is 0 Å². The normalized spacial score (nSPS) is 18.8. The SMILES string of the molecule is O=C(NCC(F)(F)F)c1cccc(S(=O)(=O)NC2CCOC2)c1. The average Bonchev–Trinajstić information content (AvgIpc) is 2.96. The Bertz CT molecular complexity index is 670. The highest BCUT2D eigenvalue weighted by Crippen LogP contribution is 2.16. The van der Waals surface area contributed by atoms with Gasteiger partial charge in [0.1, 0.15) is 6.54 Å². The second kappa shape index (κ2) is 6.85. The van der Waals surface area contributed by atoms with Gasteiger partial charge >= 0.3 is 6.18 Å². The number of hydrogen-bond donors (Lipinski definition) is 2. The Balaban J connectivity index is 2.10. The number of carbonyl (C=O) groups is 1. The molecule has 1 amide bonds. The molecule has 1 aliphatic rings. The van der Waals surface area contributed by atoms with Gasteiger partial charge in [-0.25, -0.2) is 13.1 Å². The van der Waals surface area contributed by atoms with Crippen LogP contribution in [0.25, 0.3) is 0 Å². The van der Waals surface area contributed by atoms with Crippen molar-refractivity contribution in [2.45, 2.75) is 23.5 Å². The molecule has 1 atom stereocenters. The van der Waals surface area contributed by atoms with Crippen LogP contribution in [0.1, 0.15) is 16.8 Å². The monoisotopic (exact) mass is 352 g/mol. The van der Waals surface area contributed by atoms with Gasteiger partial charge in [-0.3, -0.25) is 4.79 Å². The number of alkyl halides is 3. The van der Waals surface area contributed by atoms with Crippen LogP contribution >= 0.6 is 0 Å². The number of sulfonamides is 1. The van der Waals surface area contributed by atoms with Gasteiger partial charge in [-0.05, 0) is 24.6 Å². The maximum absolute atomic E-state index is 12.2. The van der Waals surface area contributed by atoms with E-state index in [1.54, 1.807) is 5.32 Å². The predicted octanol–water partition coefficient (Wildman–Crippen LogP) is 1.05. The van der Waals surface area contributed by atoms with E-state index in [4.69, 9.17) is 4.74 Å². The maximum atomic E-state index is 12.2. The summed E-state index contributed by atoms with van der Waals surface area (Å²) in [4.78, 5) is 11.5. The van der Waals surface area contributed by atoms with Gasteiger partial charge < -0.3 is 10.1 Å². The van der Waals surface area contributed by atoms with E-state index >= 15 is 0 Å². The largest absolute Gasteiger partial charge is 0.405 e. The van der Waals surface area contributed by atoms with E-state index in [-0.39, 0.29) is 23.1 Å². The maximum Gasteiger partial charge on any atom is 0.405 e. The zero-order chi connectivity index (χ0) is 17.1. The second-order valence-corrected chi connectivity index (χ2v) is 6.72. The Hall–Kier alpha value is -1.65. The molecule has 2 N–H and O–H groups in total. The summed E-state index contributed by atoms with van der Waals surface area (Å²) in [5.41, 5.74) is -0.167. The topological polar surface area (TPSA) is 84.5 Å². The van der Waals surface area contributed by atoms with Gasteiger partial charge in [-0.2, -0.15) is 13.2 Å². The molecule has 1 heterocycles. The lowest BCUT2D eigenvalue weighted by atomic mass is 10.2. The lowest BCUT2D eigenvalue weighted by Crippen LogP contribution is -2.35. The van der Waals surface area contributed by atoms with Crippen LogP contribution in [0.2, 0.25) is 0 Å². The minimum atomic E-state index is -4.54. The van der Waals surface area contributed by atoms with Crippen LogP contribution in [0.4, 0.5) is 13.2 Å². The number of ether oxygens (including phenoxy) is 1. The molecule has 1 unspecified atom stereocenters. The third kappa shape index (κ3) is 5.19. The minimum Gasteiger partial charge on any atom is -0.380 e. The summed E-state index contributed by atoms with van der Waals surface area (Å²) in [5.74, 6) is -0.997. The van der Waals surface area contributed by atoms with E-state index in [1.165, 1.54) is 18.2 Å². The highest BCUT2D eigenvalue weighted by Gasteiger charge is 2.28. The molecule has 2 rings (SSSR count). The average molecular weight is 352 g/mol. The molecule has 10 heteroatoms. The second-order valence-electron chi connectivity index (χ2n) is 5.01. The molecule has 0 saturated carbocycles. The number of amides is 1. The van der Waals surface area contributed by atoms with Gasteiger partial charge in [0, 0.05) is 18.2 Å². The molecule has 1 fully saturated rings. The predicted molar refractivity (Wildman–Crippen MR) is 74.4 cm³/mol. The fourth-order valence-electron chi connectivity index (χ4n) is 2.00. The molecular formula is C13H15F3N2O4S. The summed E-state index contributed by atoms with van der Waals surface area (Å²) < 4.78 is 68.2. The molecule has 23 heavy (non-hydrogen) atoms. The van der Waals surface area contributed by atoms with Crippen molar-refractivity contribution < 1.29 is 31.1 Å². The summed E-state index contributed by atoms with van der Waals surface area (Å²) in [5, 5.41) is 1.69. The van der Waals surface area contributed by atoms with E-state index < -0.39 is 28.7 Å². The summed E-state index contributed by atoms with van der Waals surface area (Å²) in [7, 11) is -3.88. The Kier molecular flexibility index (Phi) is 5.27. The van der Waals surface area contributed by atoms with E-state index in [2.05, 4.69) is 4.72 Å². The molecule has 1 aromatic carbocycles. The van der Waals surface area contributed by atoms with Crippen molar-refractivity contribution in [3.63, 3.8) is 0 Å². The van der Waals surface area contributed by atoms with Gasteiger partial charge in [0.05, 0.1) is 11.5 Å². The van der Waals surface area contributed by atoms with Crippen LogP contribution in [0.5, 0.6) is 0 Å². The standard InChI is InChI=1S/C13H15F3N2O4S/c14-13(15,16)8-17-12(19)9-2-1-3-11(6-9)23(20,21)18-10-4-5-22-7-10/h1-3,6,10,18H,4-5,7-8H2,(H,17,19). The minimum absolute atomic E-state index is 0.167. The molecule has 0 spiro atoms.